The lowest BCUT2D eigenvalue weighted by Crippen LogP contribution is -2.05. The van der Waals surface area contributed by atoms with Gasteiger partial charge in [-0.2, -0.15) is 0 Å². The highest BCUT2D eigenvalue weighted by Crippen LogP contribution is 2.36. The quantitative estimate of drug-likeness (QED) is 0.547. The number of unbranched alkanes of at least 4 members (excludes halogenated alkanes) is 3. The zero-order chi connectivity index (χ0) is 10.5. The molecule has 2 rings (SSSR count). The SMILES string of the molecule is CCCCCCOC1CC1COC1CC1. The molecule has 0 spiro atoms. The van der Waals surface area contributed by atoms with Crippen LogP contribution in [0.15, 0.2) is 0 Å². The van der Waals surface area contributed by atoms with Crippen molar-refractivity contribution in [1.29, 1.82) is 0 Å². The standard InChI is InChI=1S/C13H24O2/c1-2-3-4-5-8-14-13-9-11(13)10-15-12-6-7-12/h11-13H,2-10H2,1H3. The lowest BCUT2D eigenvalue weighted by atomic mass is 10.2. The predicted octanol–water partition coefficient (Wildman–Crippen LogP) is 3.15. The van der Waals surface area contributed by atoms with Crippen molar-refractivity contribution in [2.45, 2.75) is 64.1 Å². The molecule has 88 valence electrons. The minimum atomic E-state index is 0.533. The van der Waals surface area contributed by atoms with E-state index in [0.717, 1.165) is 19.1 Å². The third-order valence-corrected chi connectivity index (χ3v) is 3.26. The fraction of sp³-hybridized carbons (Fsp3) is 1.00. The maximum absolute atomic E-state index is 5.78. The summed E-state index contributed by atoms with van der Waals surface area (Å²) < 4.78 is 11.5. The Kier molecular flexibility index (Phi) is 4.45. The van der Waals surface area contributed by atoms with Crippen LogP contribution < -0.4 is 0 Å². The van der Waals surface area contributed by atoms with Crippen LogP contribution in [0.25, 0.3) is 0 Å². The number of rotatable bonds is 9. The van der Waals surface area contributed by atoms with Gasteiger partial charge in [0.05, 0.1) is 18.8 Å². The topological polar surface area (TPSA) is 18.5 Å². The Balaban J connectivity index is 1.37. The van der Waals surface area contributed by atoms with Crippen LogP contribution in [0.1, 0.15) is 51.9 Å². The van der Waals surface area contributed by atoms with E-state index >= 15 is 0 Å². The van der Waals surface area contributed by atoms with E-state index in [1.165, 1.54) is 44.9 Å². The van der Waals surface area contributed by atoms with Gasteiger partial charge in [-0.05, 0) is 25.7 Å². The van der Waals surface area contributed by atoms with E-state index in [1.807, 2.05) is 0 Å². The molecule has 15 heavy (non-hydrogen) atoms. The summed E-state index contributed by atoms with van der Waals surface area (Å²) in [6.07, 6.45) is 10.2. The van der Waals surface area contributed by atoms with E-state index in [1.54, 1.807) is 0 Å². The molecule has 2 aliphatic rings. The summed E-state index contributed by atoms with van der Waals surface area (Å²) in [5.41, 5.74) is 0. The molecule has 0 aromatic carbocycles. The average molecular weight is 212 g/mol. The average Bonchev–Trinajstić information content (AvgIpc) is 3.11. The maximum Gasteiger partial charge on any atom is 0.0630 e. The largest absolute Gasteiger partial charge is 0.378 e. The van der Waals surface area contributed by atoms with E-state index in [0.29, 0.717) is 12.2 Å². The molecule has 0 heterocycles. The maximum atomic E-state index is 5.78. The predicted molar refractivity (Wildman–Crippen MR) is 61.0 cm³/mol. The molecule has 2 fully saturated rings. The highest BCUT2D eigenvalue weighted by Gasteiger charge is 2.39. The van der Waals surface area contributed by atoms with Gasteiger partial charge in [-0.25, -0.2) is 0 Å². The Bertz CT molecular complexity index is 177. The fourth-order valence-corrected chi connectivity index (χ4v) is 1.86. The molecular weight excluding hydrogens is 188 g/mol. The first-order valence-electron chi connectivity index (χ1n) is 6.63. The van der Waals surface area contributed by atoms with E-state index in [4.69, 9.17) is 9.47 Å². The second-order valence-electron chi connectivity index (χ2n) is 5.00. The van der Waals surface area contributed by atoms with Crippen molar-refractivity contribution in [1.82, 2.24) is 0 Å². The highest BCUT2D eigenvalue weighted by molar-refractivity contribution is 4.88. The van der Waals surface area contributed by atoms with E-state index < -0.39 is 0 Å². The fourth-order valence-electron chi connectivity index (χ4n) is 1.86. The van der Waals surface area contributed by atoms with Crippen LogP contribution in [0.5, 0.6) is 0 Å². The molecule has 2 aliphatic carbocycles. The van der Waals surface area contributed by atoms with Gasteiger partial charge in [-0.3, -0.25) is 0 Å². The van der Waals surface area contributed by atoms with E-state index in [9.17, 15) is 0 Å². The third-order valence-electron chi connectivity index (χ3n) is 3.26. The van der Waals surface area contributed by atoms with Crippen molar-refractivity contribution in [3.8, 4) is 0 Å². The van der Waals surface area contributed by atoms with Crippen molar-refractivity contribution in [2.75, 3.05) is 13.2 Å². The molecular formula is C13H24O2. The summed E-state index contributed by atoms with van der Waals surface area (Å²) >= 11 is 0. The minimum absolute atomic E-state index is 0.533. The molecule has 2 unspecified atom stereocenters. The summed E-state index contributed by atoms with van der Waals surface area (Å²) in [5, 5.41) is 0. The second kappa shape index (κ2) is 5.86. The first kappa shape index (κ1) is 11.4. The van der Waals surface area contributed by atoms with Crippen molar-refractivity contribution in [3.05, 3.63) is 0 Å². The third kappa shape index (κ3) is 4.52. The molecule has 2 nitrogen and oxygen atoms in total. The van der Waals surface area contributed by atoms with Crippen molar-refractivity contribution >= 4 is 0 Å². The molecule has 0 saturated heterocycles. The summed E-state index contributed by atoms with van der Waals surface area (Å²) in [6, 6.07) is 0. The van der Waals surface area contributed by atoms with Gasteiger partial charge in [0.15, 0.2) is 0 Å². The first-order valence-corrected chi connectivity index (χ1v) is 6.63. The highest BCUT2D eigenvalue weighted by atomic mass is 16.5. The van der Waals surface area contributed by atoms with Crippen LogP contribution >= 0.6 is 0 Å². The molecule has 0 amide bonds. The Labute approximate surface area is 93.3 Å². The molecule has 2 saturated carbocycles. The summed E-state index contributed by atoms with van der Waals surface area (Å²) in [7, 11) is 0. The summed E-state index contributed by atoms with van der Waals surface area (Å²) in [4.78, 5) is 0. The number of hydrogen-bond donors (Lipinski definition) is 0. The molecule has 0 bridgehead atoms. The summed E-state index contributed by atoms with van der Waals surface area (Å²) in [6.45, 7) is 4.15. The van der Waals surface area contributed by atoms with Crippen molar-refractivity contribution < 1.29 is 9.47 Å². The lowest BCUT2D eigenvalue weighted by molar-refractivity contribution is 0.0668. The minimum Gasteiger partial charge on any atom is -0.378 e. The first-order chi connectivity index (χ1) is 7.40. The van der Waals surface area contributed by atoms with Gasteiger partial charge in [0.25, 0.3) is 0 Å². The van der Waals surface area contributed by atoms with Crippen LogP contribution in [0.4, 0.5) is 0 Å². The van der Waals surface area contributed by atoms with Gasteiger partial charge in [0, 0.05) is 12.5 Å². The van der Waals surface area contributed by atoms with E-state index in [2.05, 4.69) is 6.92 Å². The van der Waals surface area contributed by atoms with Crippen LogP contribution in [-0.4, -0.2) is 25.4 Å². The number of hydrogen-bond acceptors (Lipinski definition) is 2. The van der Waals surface area contributed by atoms with Crippen LogP contribution in [0.3, 0.4) is 0 Å². The second-order valence-corrected chi connectivity index (χ2v) is 5.00. The molecule has 0 radical (unpaired) electrons. The van der Waals surface area contributed by atoms with E-state index in [-0.39, 0.29) is 0 Å². The molecule has 0 N–H and O–H groups in total. The van der Waals surface area contributed by atoms with Gasteiger partial charge in [-0.15, -0.1) is 0 Å². The normalized spacial score (nSPS) is 29.4. The molecule has 0 aliphatic heterocycles. The molecule has 0 aromatic rings. The molecule has 2 heteroatoms. The van der Waals surface area contributed by atoms with Crippen LogP contribution in [-0.2, 0) is 9.47 Å². The zero-order valence-corrected chi connectivity index (χ0v) is 9.91. The van der Waals surface area contributed by atoms with Crippen LogP contribution in [0.2, 0.25) is 0 Å². The zero-order valence-electron chi connectivity index (χ0n) is 9.91. The molecule has 2 atom stereocenters. The Morgan fingerprint density at radius 2 is 1.93 bits per heavy atom. The van der Waals surface area contributed by atoms with Gasteiger partial charge in [0.2, 0.25) is 0 Å². The molecule has 0 aromatic heterocycles. The Morgan fingerprint density at radius 3 is 2.67 bits per heavy atom. The van der Waals surface area contributed by atoms with Gasteiger partial charge in [0.1, 0.15) is 0 Å². The monoisotopic (exact) mass is 212 g/mol. The van der Waals surface area contributed by atoms with Gasteiger partial charge in [-0.1, -0.05) is 26.2 Å². The smallest absolute Gasteiger partial charge is 0.0630 e. The van der Waals surface area contributed by atoms with Gasteiger partial charge < -0.3 is 9.47 Å². The lowest BCUT2D eigenvalue weighted by Gasteiger charge is -2.03. The van der Waals surface area contributed by atoms with Crippen LogP contribution in [0, 0.1) is 5.92 Å². The van der Waals surface area contributed by atoms with Gasteiger partial charge >= 0.3 is 0 Å². The van der Waals surface area contributed by atoms with Crippen molar-refractivity contribution in [3.63, 3.8) is 0 Å². The Hall–Kier alpha value is -0.0800. The Morgan fingerprint density at radius 1 is 1.07 bits per heavy atom. The summed E-state index contributed by atoms with van der Waals surface area (Å²) in [5.74, 6) is 0.719. The van der Waals surface area contributed by atoms with Crippen molar-refractivity contribution in [2.24, 2.45) is 5.92 Å². The number of ether oxygens (including phenoxy) is 2.